The van der Waals surface area contributed by atoms with E-state index in [4.69, 9.17) is 23.2 Å². The lowest BCUT2D eigenvalue weighted by Gasteiger charge is -2.12. The first-order valence-electron chi connectivity index (χ1n) is 5.40. The van der Waals surface area contributed by atoms with Crippen LogP contribution in [0.15, 0.2) is 23.4 Å². The fourth-order valence-corrected chi connectivity index (χ4v) is 1.79. The zero-order valence-electron chi connectivity index (χ0n) is 10.7. The van der Waals surface area contributed by atoms with Crippen molar-refractivity contribution in [3.8, 4) is 0 Å². The van der Waals surface area contributed by atoms with E-state index in [0.717, 1.165) is 6.21 Å². The molecule has 108 valence electrons. The van der Waals surface area contributed by atoms with E-state index >= 15 is 0 Å². The summed E-state index contributed by atoms with van der Waals surface area (Å²) in [6, 6.07) is 3.30. The number of carbonyl (C=O) groups is 2. The van der Waals surface area contributed by atoms with Gasteiger partial charge in [0.05, 0.1) is 23.9 Å². The van der Waals surface area contributed by atoms with Crippen LogP contribution in [0.4, 0.5) is 0 Å². The van der Waals surface area contributed by atoms with Gasteiger partial charge in [-0.1, -0.05) is 28.4 Å². The molecule has 0 bridgehead atoms. The molecular weight excluding hydrogens is 307 g/mol. The van der Waals surface area contributed by atoms with Crippen molar-refractivity contribution in [2.24, 2.45) is 5.16 Å². The summed E-state index contributed by atoms with van der Waals surface area (Å²) in [6.45, 7) is 0. The Balaban J connectivity index is 2.90. The number of oxime groups is 1. The van der Waals surface area contributed by atoms with Crippen molar-refractivity contribution in [2.75, 3.05) is 14.2 Å². The van der Waals surface area contributed by atoms with Crippen LogP contribution in [0.25, 0.3) is 0 Å². The second kappa shape index (κ2) is 7.72. The van der Waals surface area contributed by atoms with Crippen LogP contribution in [0.1, 0.15) is 10.4 Å². The Morgan fingerprint density at radius 3 is 2.60 bits per heavy atom. The Bertz CT molecular complexity index is 534. The van der Waals surface area contributed by atoms with Gasteiger partial charge in [0, 0.05) is 5.02 Å². The third-order valence-corrected chi connectivity index (χ3v) is 2.78. The summed E-state index contributed by atoms with van der Waals surface area (Å²) in [7, 11) is 2.50. The van der Waals surface area contributed by atoms with E-state index in [2.05, 4.69) is 20.0 Å². The highest BCUT2D eigenvalue weighted by atomic mass is 35.5. The normalized spacial score (nSPS) is 12.0. The first-order valence-corrected chi connectivity index (χ1v) is 6.15. The zero-order valence-corrected chi connectivity index (χ0v) is 12.2. The predicted octanol–water partition coefficient (Wildman–Crippen LogP) is 1.90. The highest BCUT2D eigenvalue weighted by Gasteiger charge is 2.21. The van der Waals surface area contributed by atoms with E-state index in [9.17, 15) is 9.59 Å². The number of rotatable bonds is 5. The third kappa shape index (κ3) is 4.40. The molecule has 0 saturated carbocycles. The molecule has 0 fully saturated rings. The van der Waals surface area contributed by atoms with Gasteiger partial charge in [-0.05, 0) is 18.2 Å². The highest BCUT2D eigenvalue weighted by molar-refractivity contribution is 6.36. The van der Waals surface area contributed by atoms with Crippen molar-refractivity contribution < 1.29 is 19.2 Å². The number of esters is 1. The quantitative estimate of drug-likeness (QED) is 0.511. The summed E-state index contributed by atoms with van der Waals surface area (Å²) in [6.07, 6.45) is 1.10. The van der Waals surface area contributed by atoms with Crippen LogP contribution in [0.2, 0.25) is 10.0 Å². The summed E-state index contributed by atoms with van der Waals surface area (Å²) in [5, 5.41) is 6.41. The number of benzene rings is 1. The second-order valence-corrected chi connectivity index (χ2v) is 4.38. The van der Waals surface area contributed by atoms with Gasteiger partial charge in [0.15, 0.2) is 6.04 Å². The van der Waals surface area contributed by atoms with Crippen molar-refractivity contribution in [1.29, 1.82) is 0 Å². The fourth-order valence-electron chi connectivity index (χ4n) is 1.30. The van der Waals surface area contributed by atoms with Crippen LogP contribution in [-0.2, 0) is 14.4 Å². The molecule has 0 heterocycles. The lowest BCUT2D eigenvalue weighted by Crippen LogP contribution is -2.42. The fraction of sp³-hybridized carbons (Fsp3) is 0.250. The van der Waals surface area contributed by atoms with E-state index < -0.39 is 17.9 Å². The minimum Gasteiger partial charge on any atom is -0.467 e. The summed E-state index contributed by atoms with van der Waals surface area (Å²) in [5.74, 6) is -1.26. The Labute approximate surface area is 125 Å². The average molecular weight is 319 g/mol. The summed E-state index contributed by atoms with van der Waals surface area (Å²) in [5.41, 5.74) is 0.177. The largest absolute Gasteiger partial charge is 0.467 e. The molecule has 1 unspecified atom stereocenters. The molecular formula is C12H12Cl2N2O4. The van der Waals surface area contributed by atoms with Crippen LogP contribution >= 0.6 is 23.2 Å². The Kier molecular flexibility index (Phi) is 6.27. The molecule has 1 amide bonds. The Morgan fingerprint density at radius 1 is 1.35 bits per heavy atom. The number of nitrogens with zero attached hydrogens (tertiary/aromatic N) is 1. The van der Waals surface area contributed by atoms with Gasteiger partial charge in [-0.15, -0.1) is 0 Å². The van der Waals surface area contributed by atoms with Crippen molar-refractivity contribution in [1.82, 2.24) is 5.32 Å². The summed E-state index contributed by atoms with van der Waals surface area (Å²) < 4.78 is 4.54. The number of amides is 1. The van der Waals surface area contributed by atoms with E-state index in [1.54, 1.807) is 0 Å². The number of methoxy groups -OCH3 is 1. The van der Waals surface area contributed by atoms with Gasteiger partial charge in [-0.2, -0.15) is 0 Å². The minimum absolute atomic E-state index is 0.169. The maximum Gasteiger partial charge on any atom is 0.334 e. The van der Waals surface area contributed by atoms with E-state index in [-0.39, 0.29) is 10.6 Å². The van der Waals surface area contributed by atoms with Gasteiger partial charge in [-0.25, -0.2) is 4.79 Å². The molecule has 0 spiro atoms. The van der Waals surface area contributed by atoms with Crippen LogP contribution in [0, 0.1) is 0 Å². The lowest BCUT2D eigenvalue weighted by molar-refractivity contribution is -0.140. The van der Waals surface area contributed by atoms with Crippen molar-refractivity contribution in [2.45, 2.75) is 6.04 Å². The Morgan fingerprint density at radius 2 is 2.05 bits per heavy atom. The molecule has 1 aromatic carbocycles. The van der Waals surface area contributed by atoms with Gasteiger partial charge in [0.2, 0.25) is 0 Å². The van der Waals surface area contributed by atoms with E-state index in [0.29, 0.717) is 5.02 Å². The van der Waals surface area contributed by atoms with E-state index in [1.165, 1.54) is 32.4 Å². The van der Waals surface area contributed by atoms with E-state index in [1.807, 2.05) is 0 Å². The maximum atomic E-state index is 12.0. The number of hydrogen-bond acceptors (Lipinski definition) is 5. The van der Waals surface area contributed by atoms with Gasteiger partial charge < -0.3 is 14.9 Å². The zero-order chi connectivity index (χ0) is 15.1. The molecule has 0 aromatic heterocycles. The standard InChI is InChI=1S/C12H12Cl2N2O4/c1-19-12(18)10(6-15-20-2)16-11(17)8-4-3-7(13)5-9(8)14/h3-6,10H,1-2H3,(H,16,17). The third-order valence-electron chi connectivity index (χ3n) is 2.23. The average Bonchev–Trinajstić information content (AvgIpc) is 2.42. The van der Waals surface area contributed by atoms with Crippen LogP contribution in [0.3, 0.4) is 0 Å². The van der Waals surface area contributed by atoms with Crippen LogP contribution < -0.4 is 5.32 Å². The number of hydrogen-bond donors (Lipinski definition) is 1. The molecule has 0 aliphatic heterocycles. The topological polar surface area (TPSA) is 77.0 Å². The van der Waals surface area contributed by atoms with Gasteiger partial charge in [0.1, 0.15) is 7.11 Å². The SMILES string of the molecule is CON=CC(NC(=O)c1ccc(Cl)cc1Cl)C(=O)OC. The molecule has 1 aromatic rings. The number of halogens is 2. The van der Waals surface area contributed by atoms with Crippen molar-refractivity contribution >= 4 is 41.3 Å². The monoisotopic (exact) mass is 318 g/mol. The molecule has 0 saturated heterocycles. The van der Waals surface area contributed by atoms with Gasteiger partial charge in [0.25, 0.3) is 5.91 Å². The van der Waals surface area contributed by atoms with Gasteiger partial charge >= 0.3 is 5.97 Å². The van der Waals surface area contributed by atoms with Crippen molar-refractivity contribution in [3.63, 3.8) is 0 Å². The summed E-state index contributed by atoms with van der Waals surface area (Å²) >= 11 is 11.6. The maximum absolute atomic E-state index is 12.0. The number of nitrogens with one attached hydrogen (secondary N) is 1. The Hall–Kier alpha value is -1.79. The number of carbonyl (C=O) groups excluding carboxylic acids is 2. The molecule has 0 aliphatic carbocycles. The highest BCUT2D eigenvalue weighted by Crippen LogP contribution is 2.20. The smallest absolute Gasteiger partial charge is 0.334 e. The van der Waals surface area contributed by atoms with Crippen LogP contribution in [-0.4, -0.2) is 38.4 Å². The first kappa shape index (κ1) is 16.3. The molecule has 0 aliphatic rings. The van der Waals surface area contributed by atoms with Crippen molar-refractivity contribution in [3.05, 3.63) is 33.8 Å². The molecule has 1 N–H and O–H groups in total. The summed E-state index contributed by atoms with van der Waals surface area (Å²) in [4.78, 5) is 28.0. The predicted molar refractivity (Wildman–Crippen MR) is 75.2 cm³/mol. The second-order valence-electron chi connectivity index (χ2n) is 3.54. The lowest BCUT2D eigenvalue weighted by atomic mass is 10.2. The first-order chi connectivity index (χ1) is 9.49. The molecule has 0 radical (unpaired) electrons. The molecule has 6 nitrogen and oxygen atoms in total. The van der Waals surface area contributed by atoms with Gasteiger partial charge in [-0.3, -0.25) is 4.79 Å². The molecule has 8 heteroatoms. The molecule has 20 heavy (non-hydrogen) atoms. The molecule has 1 atom stereocenters. The van der Waals surface area contributed by atoms with Crippen LogP contribution in [0.5, 0.6) is 0 Å². The minimum atomic E-state index is -1.08. The molecule has 1 rings (SSSR count). The number of ether oxygens (including phenoxy) is 1.